The second kappa shape index (κ2) is 9.64. The summed E-state index contributed by atoms with van der Waals surface area (Å²) in [5.41, 5.74) is 3.40. The SMILES string of the molecule is N#Cc1cccc(C2CN([C@@H]3CCCC[C@@H]3Oc3ccc4c(c3)CN(C3CCC(=O)NC3=O)C4=O)C2)c1. The number of benzene rings is 2. The number of nitrogens with one attached hydrogen (secondary N) is 1. The molecule has 8 heteroatoms. The summed E-state index contributed by atoms with van der Waals surface area (Å²) in [7, 11) is 0. The monoisotopic (exact) mass is 498 g/mol. The molecule has 190 valence electrons. The molecule has 1 aliphatic carbocycles. The Bertz CT molecular complexity index is 1300. The fraction of sp³-hybridized carbons (Fsp3) is 0.448. The summed E-state index contributed by atoms with van der Waals surface area (Å²) in [6, 6.07) is 15.5. The van der Waals surface area contributed by atoms with E-state index in [4.69, 9.17) is 4.74 Å². The Hall–Kier alpha value is -3.70. The third-order valence-electron chi connectivity index (χ3n) is 8.32. The lowest BCUT2D eigenvalue weighted by Gasteiger charge is -2.48. The third kappa shape index (κ3) is 4.49. The average Bonchev–Trinajstić information content (AvgIpc) is 3.19. The van der Waals surface area contributed by atoms with Gasteiger partial charge in [-0.1, -0.05) is 18.6 Å². The van der Waals surface area contributed by atoms with Gasteiger partial charge in [0.15, 0.2) is 0 Å². The molecule has 2 saturated heterocycles. The molecule has 3 atom stereocenters. The number of carbonyl (C=O) groups is 3. The van der Waals surface area contributed by atoms with E-state index in [2.05, 4.69) is 22.4 Å². The highest BCUT2D eigenvalue weighted by atomic mass is 16.5. The number of imide groups is 1. The number of carbonyl (C=O) groups excluding carboxylic acids is 3. The normalized spacial score (nSPS) is 26.3. The average molecular weight is 499 g/mol. The number of piperidine rings is 1. The minimum atomic E-state index is -0.613. The van der Waals surface area contributed by atoms with Crippen molar-refractivity contribution in [2.75, 3.05) is 13.1 Å². The van der Waals surface area contributed by atoms with E-state index in [1.54, 1.807) is 11.0 Å². The van der Waals surface area contributed by atoms with Crippen LogP contribution in [0.25, 0.3) is 0 Å². The van der Waals surface area contributed by atoms with Crippen molar-refractivity contribution in [3.05, 3.63) is 64.7 Å². The maximum atomic E-state index is 13.0. The largest absolute Gasteiger partial charge is 0.489 e. The fourth-order valence-corrected chi connectivity index (χ4v) is 6.29. The number of nitrogens with zero attached hydrogens (tertiary/aromatic N) is 3. The van der Waals surface area contributed by atoms with Gasteiger partial charge in [0.1, 0.15) is 17.9 Å². The molecule has 0 aromatic heterocycles. The Morgan fingerprint density at radius 1 is 1.00 bits per heavy atom. The third-order valence-corrected chi connectivity index (χ3v) is 8.32. The van der Waals surface area contributed by atoms with Gasteiger partial charge in [0.05, 0.1) is 11.6 Å². The zero-order valence-electron chi connectivity index (χ0n) is 20.7. The van der Waals surface area contributed by atoms with Crippen LogP contribution < -0.4 is 10.1 Å². The van der Waals surface area contributed by atoms with Crippen molar-refractivity contribution in [2.45, 2.75) is 69.2 Å². The van der Waals surface area contributed by atoms with Crippen LogP contribution in [0.3, 0.4) is 0 Å². The lowest BCUT2D eigenvalue weighted by Crippen LogP contribution is -2.57. The number of amides is 3. The molecule has 1 saturated carbocycles. The second-order valence-electron chi connectivity index (χ2n) is 10.6. The Labute approximate surface area is 216 Å². The molecule has 0 bridgehead atoms. The fourth-order valence-electron chi connectivity index (χ4n) is 6.29. The first-order valence-corrected chi connectivity index (χ1v) is 13.2. The predicted octanol–water partition coefficient (Wildman–Crippen LogP) is 3.11. The summed E-state index contributed by atoms with van der Waals surface area (Å²) in [5, 5.41) is 11.6. The number of rotatable bonds is 5. The standard InChI is InChI=1S/C29H30N4O4/c30-14-18-4-3-5-19(12-18)21-15-32(16-21)24-6-1-2-7-26(24)37-22-8-9-23-20(13-22)17-33(29(23)36)25-10-11-27(34)31-28(25)35/h3-5,8-9,12-13,21,24-26H,1-2,6-7,10-11,15-17H2,(H,31,34,35)/t24-,25?,26+/m1/s1. The van der Waals surface area contributed by atoms with Crippen LogP contribution >= 0.6 is 0 Å². The molecule has 3 amide bonds. The zero-order chi connectivity index (χ0) is 25.5. The quantitative estimate of drug-likeness (QED) is 0.636. The Morgan fingerprint density at radius 3 is 2.65 bits per heavy atom. The van der Waals surface area contributed by atoms with Crippen LogP contribution in [-0.2, 0) is 16.1 Å². The minimum absolute atomic E-state index is 0.0848. The minimum Gasteiger partial charge on any atom is -0.489 e. The molecule has 2 aromatic rings. The molecule has 1 N–H and O–H groups in total. The molecule has 37 heavy (non-hydrogen) atoms. The summed E-state index contributed by atoms with van der Waals surface area (Å²) < 4.78 is 6.54. The predicted molar refractivity (Wildman–Crippen MR) is 135 cm³/mol. The zero-order valence-corrected chi connectivity index (χ0v) is 20.7. The molecule has 0 spiro atoms. The van der Waals surface area contributed by atoms with E-state index in [1.165, 1.54) is 12.0 Å². The lowest BCUT2D eigenvalue weighted by molar-refractivity contribution is -0.136. The summed E-state index contributed by atoms with van der Waals surface area (Å²) in [5.74, 6) is 0.352. The Kier molecular flexibility index (Phi) is 6.17. The molecule has 4 aliphatic rings. The first kappa shape index (κ1) is 23.7. The highest BCUT2D eigenvalue weighted by Crippen LogP contribution is 2.36. The van der Waals surface area contributed by atoms with Crippen molar-refractivity contribution in [1.29, 1.82) is 5.26 Å². The van der Waals surface area contributed by atoms with E-state index >= 15 is 0 Å². The van der Waals surface area contributed by atoms with Gasteiger partial charge in [0, 0.05) is 43.6 Å². The molecular weight excluding hydrogens is 468 g/mol. The van der Waals surface area contributed by atoms with E-state index in [-0.39, 0.29) is 24.3 Å². The van der Waals surface area contributed by atoms with Gasteiger partial charge in [-0.3, -0.25) is 24.6 Å². The van der Waals surface area contributed by atoms with Gasteiger partial charge < -0.3 is 9.64 Å². The van der Waals surface area contributed by atoms with Crippen LogP contribution in [0.4, 0.5) is 0 Å². The van der Waals surface area contributed by atoms with Gasteiger partial charge in [-0.25, -0.2) is 0 Å². The summed E-state index contributed by atoms with van der Waals surface area (Å²) in [6.07, 6.45) is 5.10. The van der Waals surface area contributed by atoms with Gasteiger partial charge in [0.2, 0.25) is 11.8 Å². The summed E-state index contributed by atoms with van der Waals surface area (Å²) in [6.45, 7) is 2.29. The lowest BCUT2D eigenvalue weighted by atomic mass is 9.84. The first-order chi connectivity index (χ1) is 18.0. The van der Waals surface area contributed by atoms with Crippen LogP contribution in [0.15, 0.2) is 42.5 Å². The van der Waals surface area contributed by atoms with Crippen molar-refractivity contribution < 1.29 is 19.1 Å². The van der Waals surface area contributed by atoms with Crippen molar-refractivity contribution in [3.8, 4) is 11.8 Å². The molecular formula is C29H30N4O4. The Morgan fingerprint density at radius 2 is 1.84 bits per heavy atom. The van der Waals surface area contributed by atoms with Gasteiger partial charge in [0.25, 0.3) is 5.91 Å². The van der Waals surface area contributed by atoms with E-state index in [0.29, 0.717) is 36.1 Å². The highest BCUT2D eigenvalue weighted by Gasteiger charge is 2.41. The van der Waals surface area contributed by atoms with Crippen molar-refractivity contribution in [2.24, 2.45) is 0 Å². The Balaban J connectivity index is 1.12. The number of nitriles is 1. The molecule has 0 radical (unpaired) electrons. The smallest absolute Gasteiger partial charge is 0.255 e. The number of fused-ring (bicyclic) bond motifs is 1. The number of hydrogen-bond acceptors (Lipinski definition) is 6. The van der Waals surface area contributed by atoms with Crippen molar-refractivity contribution >= 4 is 17.7 Å². The molecule has 3 aliphatic heterocycles. The van der Waals surface area contributed by atoms with E-state index in [0.717, 1.165) is 43.7 Å². The number of likely N-dealkylation sites (tertiary alicyclic amines) is 1. The van der Waals surface area contributed by atoms with Gasteiger partial charge in [-0.2, -0.15) is 5.26 Å². The van der Waals surface area contributed by atoms with Gasteiger partial charge in [-0.05, 0) is 67.1 Å². The number of ether oxygens (including phenoxy) is 1. The van der Waals surface area contributed by atoms with E-state index < -0.39 is 11.9 Å². The molecule has 8 nitrogen and oxygen atoms in total. The molecule has 2 aromatic carbocycles. The van der Waals surface area contributed by atoms with Gasteiger partial charge >= 0.3 is 0 Å². The molecule has 3 heterocycles. The maximum absolute atomic E-state index is 13.0. The molecule has 1 unspecified atom stereocenters. The second-order valence-corrected chi connectivity index (χ2v) is 10.6. The van der Waals surface area contributed by atoms with Crippen LogP contribution in [-0.4, -0.2) is 58.8 Å². The summed E-state index contributed by atoms with van der Waals surface area (Å²) in [4.78, 5) is 40.9. The highest BCUT2D eigenvalue weighted by molar-refractivity contribution is 6.05. The van der Waals surface area contributed by atoms with E-state index in [9.17, 15) is 19.6 Å². The van der Waals surface area contributed by atoms with Crippen LogP contribution in [0.5, 0.6) is 5.75 Å². The summed E-state index contributed by atoms with van der Waals surface area (Å²) >= 11 is 0. The topological polar surface area (TPSA) is 103 Å². The molecule has 6 rings (SSSR count). The van der Waals surface area contributed by atoms with E-state index in [1.807, 2.05) is 30.3 Å². The van der Waals surface area contributed by atoms with Crippen molar-refractivity contribution in [3.63, 3.8) is 0 Å². The van der Waals surface area contributed by atoms with Crippen molar-refractivity contribution in [1.82, 2.24) is 15.1 Å². The van der Waals surface area contributed by atoms with Crippen LogP contribution in [0.2, 0.25) is 0 Å². The first-order valence-electron chi connectivity index (χ1n) is 13.2. The van der Waals surface area contributed by atoms with Crippen LogP contribution in [0, 0.1) is 11.3 Å². The van der Waals surface area contributed by atoms with Gasteiger partial charge in [-0.15, -0.1) is 0 Å². The van der Waals surface area contributed by atoms with Crippen LogP contribution in [0.1, 0.15) is 71.5 Å². The number of hydrogen-bond donors (Lipinski definition) is 1. The maximum Gasteiger partial charge on any atom is 0.255 e. The molecule has 3 fully saturated rings.